The number of aromatic hydroxyl groups is 1. The van der Waals surface area contributed by atoms with E-state index in [1.807, 2.05) is 36.4 Å². The Kier molecular flexibility index (Phi) is 5.03. The molecule has 0 aliphatic carbocycles. The minimum absolute atomic E-state index is 0.0412. The minimum Gasteiger partial charge on any atom is -0.505 e. The highest BCUT2D eigenvalue weighted by Crippen LogP contribution is 2.42. The number of halogens is 2. The lowest BCUT2D eigenvalue weighted by Crippen LogP contribution is -2.10. The van der Waals surface area contributed by atoms with E-state index in [9.17, 15) is 15.2 Å². The lowest BCUT2D eigenvalue weighted by atomic mass is 10.2. The SMILES string of the molecule is CCOC(=O)c1nc(C#N)c2c(c1O)c(Cl)c(Cl)n2Cc1ccccc1. The monoisotopic (exact) mass is 389 g/mol. The van der Waals surface area contributed by atoms with Gasteiger partial charge in [0.25, 0.3) is 0 Å². The van der Waals surface area contributed by atoms with Gasteiger partial charge < -0.3 is 14.4 Å². The first-order valence-electron chi connectivity index (χ1n) is 7.70. The first-order chi connectivity index (χ1) is 12.5. The molecule has 0 saturated carbocycles. The van der Waals surface area contributed by atoms with Gasteiger partial charge in [-0.1, -0.05) is 53.5 Å². The maximum Gasteiger partial charge on any atom is 0.360 e. The van der Waals surface area contributed by atoms with Crippen LogP contribution in [0.15, 0.2) is 30.3 Å². The molecule has 0 atom stereocenters. The highest BCUT2D eigenvalue weighted by atomic mass is 35.5. The molecule has 2 heterocycles. The van der Waals surface area contributed by atoms with Crippen LogP contribution in [0.4, 0.5) is 0 Å². The van der Waals surface area contributed by atoms with Crippen molar-refractivity contribution in [1.82, 2.24) is 9.55 Å². The van der Waals surface area contributed by atoms with Crippen molar-refractivity contribution < 1.29 is 14.6 Å². The van der Waals surface area contributed by atoms with E-state index in [1.54, 1.807) is 11.5 Å². The van der Waals surface area contributed by atoms with E-state index in [-0.39, 0.29) is 39.1 Å². The Morgan fingerprint density at radius 3 is 2.65 bits per heavy atom. The molecule has 0 saturated heterocycles. The molecule has 0 radical (unpaired) electrons. The summed E-state index contributed by atoms with van der Waals surface area (Å²) < 4.78 is 6.45. The zero-order valence-electron chi connectivity index (χ0n) is 13.7. The second-order valence-corrected chi connectivity index (χ2v) is 6.13. The van der Waals surface area contributed by atoms with Gasteiger partial charge in [-0.2, -0.15) is 5.26 Å². The van der Waals surface area contributed by atoms with Gasteiger partial charge >= 0.3 is 5.97 Å². The fraction of sp³-hybridized carbons (Fsp3) is 0.167. The van der Waals surface area contributed by atoms with E-state index in [0.29, 0.717) is 6.54 Å². The molecule has 8 heteroatoms. The van der Waals surface area contributed by atoms with Crippen molar-refractivity contribution in [1.29, 1.82) is 5.26 Å². The standard InChI is InChI=1S/C18H13Cl2N3O3/c1-2-26-18(25)14-16(24)12-13(19)17(20)23(15(12)11(8-21)22-14)9-10-6-4-3-5-7-10/h3-7,24H,2,9H2,1H3. The maximum absolute atomic E-state index is 12.0. The number of nitrogens with zero attached hydrogens (tertiary/aromatic N) is 3. The second kappa shape index (κ2) is 7.24. The Balaban J connectivity index is 2.29. The van der Waals surface area contributed by atoms with E-state index < -0.39 is 11.7 Å². The first-order valence-corrected chi connectivity index (χ1v) is 8.46. The molecule has 0 unspecified atom stereocenters. The zero-order chi connectivity index (χ0) is 18.8. The van der Waals surface area contributed by atoms with Crippen LogP contribution in [0.3, 0.4) is 0 Å². The van der Waals surface area contributed by atoms with Gasteiger partial charge in [0.15, 0.2) is 17.1 Å². The van der Waals surface area contributed by atoms with E-state index >= 15 is 0 Å². The van der Waals surface area contributed by atoms with Crippen molar-refractivity contribution >= 4 is 40.1 Å². The smallest absolute Gasteiger partial charge is 0.360 e. The van der Waals surface area contributed by atoms with Crippen LogP contribution in [0.25, 0.3) is 10.9 Å². The molecule has 1 N–H and O–H groups in total. The van der Waals surface area contributed by atoms with Gasteiger partial charge in [0.05, 0.1) is 22.5 Å². The average molecular weight is 390 g/mol. The number of esters is 1. The largest absolute Gasteiger partial charge is 0.505 e. The third kappa shape index (κ3) is 2.96. The van der Waals surface area contributed by atoms with Crippen LogP contribution < -0.4 is 0 Å². The first kappa shape index (κ1) is 18.1. The molecule has 0 aliphatic rings. The molecule has 0 fully saturated rings. The number of benzene rings is 1. The topological polar surface area (TPSA) is 88.1 Å². The number of carbonyl (C=O) groups is 1. The van der Waals surface area contributed by atoms with E-state index in [2.05, 4.69) is 4.98 Å². The van der Waals surface area contributed by atoms with Gasteiger partial charge in [-0.05, 0) is 12.5 Å². The summed E-state index contributed by atoms with van der Waals surface area (Å²) in [5, 5.41) is 20.3. The molecule has 132 valence electrons. The van der Waals surface area contributed by atoms with Gasteiger partial charge in [-0.3, -0.25) is 0 Å². The number of rotatable bonds is 4. The van der Waals surface area contributed by atoms with Crippen LogP contribution in [0.2, 0.25) is 10.2 Å². The number of aromatic nitrogens is 2. The maximum atomic E-state index is 12.0. The summed E-state index contributed by atoms with van der Waals surface area (Å²) in [5.41, 5.74) is 0.731. The second-order valence-electron chi connectivity index (χ2n) is 5.39. The third-order valence-electron chi connectivity index (χ3n) is 3.81. The molecule has 1 aromatic carbocycles. The fourth-order valence-corrected chi connectivity index (χ4v) is 3.21. The third-order valence-corrected chi connectivity index (χ3v) is 4.67. The van der Waals surface area contributed by atoms with Gasteiger partial charge in [-0.25, -0.2) is 9.78 Å². The highest BCUT2D eigenvalue weighted by molar-refractivity contribution is 6.46. The molecule has 2 aromatic heterocycles. The fourth-order valence-electron chi connectivity index (χ4n) is 2.69. The van der Waals surface area contributed by atoms with Crippen molar-refractivity contribution in [2.75, 3.05) is 6.61 Å². The summed E-state index contributed by atoms with van der Waals surface area (Å²) >= 11 is 12.6. The number of nitriles is 1. The normalized spacial score (nSPS) is 10.7. The van der Waals surface area contributed by atoms with E-state index in [0.717, 1.165) is 5.56 Å². The summed E-state index contributed by atoms with van der Waals surface area (Å²) in [7, 11) is 0. The molecule has 26 heavy (non-hydrogen) atoms. The van der Waals surface area contributed by atoms with Crippen molar-refractivity contribution in [3.05, 3.63) is 57.5 Å². The zero-order valence-corrected chi connectivity index (χ0v) is 15.2. The summed E-state index contributed by atoms with van der Waals surface area (Å²) in [4.78, 5) is 16.0. The van der Waals surface area contributed by atoms with Crippen molar-refractivity contribution in [2.45, 2.75) is 13.5 Å². The van der Waals surface area contributed by atoms with E-state index in [1.165, 1.54) is 0 Å². The number of hydrogen-bond donors (Lipinski definition) is 1. The molecule has 0 spiro atoms. The number of ether oxygens (including phenoxy) is 1. The molecule has 3 aromatic rings. The Morgan fingerprint density at radius 2 is 2.04 bits per heavy atom. The van der Waals surface area contributed by atoms with Crippen molar-refractivity contribution in [3.8, 4) is 11.8 Å². The number of carbonyl (C=O) groups excluding carboxylic acids is 1. The minimum atomic E-state index is -0.841. The lowest BCUT2D eigenvalue weighted by molar-refractivity contribution is 0.0516. The number of fused-ring (bicyclic) bond motifs is 1. The van der Waals surface area contributed by atoms with Crippen LogP contribution in [-0.4, -0.2) is 27.2 Å². The molecular formula is C18H13Cl2N3O3. The Labute approximate surface area is 159 Å². The summed E-state index contributed by atoms with van der Waals surface area (Å²) in [6.45, 7) is 2.04. The number of hydrogen-bond acceptors (Lipinski definition) is 5. The van der Waals surface area contributed by atoms with Crippen LogP contribution in [0.1, 0.15) is 28.7 Å². The quantitative estimate of drug-likeness (QED) is 0.677. The van der Waals surface area contributed by atoms with Gasteiger partial charge in [-0.15, -0.1) is 0 Å². The molecule has 3 rings (SSSR count). The average Bonchev–Trinajstić information content (AvgIpc) is 2.89. The molecule has 0 amide bonds. The summed E-state index contributed by atoms with van der Waals surface area (Å²) in [6.07, 6.45) is 0. The number of pyridine rings is 1. The van der Waals surface area contributed by atoms with Gasteiger partial charge in [0.2, 0.25) is 0 Å². The van der Waals surface area contributed by atoms with Crippen LogP contribution >= 0.6 is 23.2 Å². The van der Waals surface area contributed by atoms with E-state index in [4.69, 9.17) is 27.9 Å². The van der Waals surface area contributed by atoms with Gasteiger partial charge in [0.1, 0.15) is 11.2 Å². The Bertz CT molecular complexity index is 1040. The van der Waals surface area contributed by atoms with Crippen LogP contribution in [0.5, 0.6) is 5.75 Å². The molecular weight excluding hydrogens is 377 g/mol. The predicted octanol–water partition coefficient (Wildman–Crippen LogP) is 4.15. The van der Waals surface area contributed by atoms with Crippen molar-refractivity contribution in [2.24, 2.45) is 0 Å². The molecule has 6 nitrogen and oxygen atoms in total. The Hall–Kier alpha value is -2.75. The highest BCUT2D eigenvalue weighted by Gasteiger charge is 2.27. The summed E-state index contributed by atoms with van der Waals surface area (Å²) in [6, 6.07) is 11.3. The predicted molar refractivity (Wildman–Crippen MR) is 97.6 cm³/mol. The molecule has 0 bridgehead atoms. The lowest BCUT2D eigenvalue weighted by Gasteiger charge is -2.10. The van der Waals surface area contributed by atoms with Crippen LogP contribution in [-0.2, 0) is 11.3 Å². The van der Waals surface area contributed by atoms with Crippen molar-refractivity contribution in [3.63, 3.8) is 0 Å². The summed E-state index contributed by atoms with van der Waals surface area (Å²) in [5.74, 6) is -1.30. The molecule has 0 aliphatic heterocycles. The van der Waals surface area contributed by atoms with Crippen LogP contribution in [0, 0.1) is 11.3 Å². The Morgan fingerprint density at radius 1 is 1.35 bits per heavy atom. The van der Waals surface area contributed by atoms with Gasteiger partial charge in [0, 0.05) is 6.54 Å².